The highest BCUT2D eigenvalue weighted by Gasteiger charge is 2.53. The van der Waals surface area contributed by atoms with Crippen LogP contribution in [0.15, 0.2) is 182 Å². The first-order valence-electron chi connectivity index (χ1n) is 18.4. The Labute approximate surface area is 306 Å². The molecule has 0 radical (unpaired) electrons. The SMILES string of the molecule is C[C@@H]1N(c2ccccc2)c2ccccc2N1c1cccc2c1Cc1ccccc1C2(c1ccccc1)N1c2ccccc2N(c2ccccc2)[C@@H]1C. The lowest BCUT2D eigenvalue weighted by Crippen LogP contribution is -2.55. The van der Waals surface area contributed by atoms with E-state index in [-0.39, 0.29) is 12.3 Å². The van der Waals surface area contributed by atoms with Gasteiger partial charge in [-0.2, -0.15) is 0 Å². The molecule has 1 unspecified atom stereocenters. The summed E-state index contributed by atoms with van der Waals surface area (Å²) in [5.41, 5.74) is 14.6. The van der Waals surface area contributed by atoms with E-state index < -0.39 is 5.54 Å². The highest BCUT2D eigenvalue weighted by atomic mass is 15.4. The highest BCUT2D eigenvalue weighted by Crippen LogP contribution is 2.59. The molecule has 0 aromatic heterocycles. The Morgan fingerprint density at radius 2 is 0.865 bits per heavy atom. The average molecular weight is 673 g/mol. The topological polar surface area (TPSA) is 13.0 Å². The molecule has 0 saturated carbocycles. The number of hydrogen-bond acceptors (Lipinski definition) is 4. The summed E-state index contributed by atoms with van der Waals surface area (Å²) < 4.78 is 0. The number of hydrogen-bond donors (Lipinski definition) is 0. The fraction of sp³-hybridized carbons (Fsp3) is 0.125. The molecular weight excluding hydrogens is 633 g/mol. The lowest BCUT2D eigenvalue weighted by Gasteiger charge is -2.51. The Morgan fingerprint density at radius 3 is 1.52 bits per heavy atom. The van der Waals surface area contributed by atoms with E-state index in [1.807, 2.05) is 0 Å². The van der Waals surface area contributed by atoms with Crippen molar-refractivity contribution >= 4 is 39.8 Å². The van der Waals surface area contributed by atoms with Gasteiger partial charge in [0.05, 0.1) is 22.7 Å². The van der Waals surface area contributed by atoms with Gasteiger partial charge in [-0.05, 0) is 96.3 Å². The summed E-state index contributed by atoms with van der Waals surface area (Å²) in [6, 6.07) is 67.0. The van der Waals surface area contributed by atoms with Gasteiger partial charge in [-0.15, -0.1) is 0 Å². The van der Waals surface area contributed by atoms with E-state index in [0.29, 0.717) is 0 Å². The molecule has 0 amide bonds. The van der Waals surface area contributed by atoms with Gasteiger partial charge in [0, 0.05) is 23.5 Å². The second kappa shape index (κ2) is 11.9. The van der Waals surface area contributed by atoms with Crippen LogP contribution in [0.1, 0.15) is 41.7 Å². The Hall–Kier alpha value is -6.26. The van der Waals surface area contributed by atoms with Crippen molar-refractivity contribution in [2.24, 2.45) is 0 Å². The Balaban J connectivity index is 1.26. The van der Waals surface area contributed by atoms with Crippen LogP contribution in [0.3, 0.4) is 0 Å². The summed E-state index contributed by atoms with van der Waals surface area (Å²) in [5, 5.41) is 0. The van der Waals surface area contributed by atoms with Crippen molar-refractivity contribution in [2.75, 3.05) is 19.6 Å². The van der Waals surface area contributed by atoms with Gasteiger partial charge in [0.2, 0.25) is 0 Å². The van der Waals surface area contributed by atoms with Gasteiger partial charge >= 0.3 is 0 Å². The summed E-state index contributed by atoms with van der Waals surface area (Å²) in [6.07, 6.45) is 0.913. The predicted molar refractivity (Wildman–Crippen MR) is 216 cm³/mol. The second-order valence-electron chi connectivity index (χ2n) is 14.1. The van der Waals surface area contributed by atoms with Crippen LogP contribution >= 0.6 is 0 Å². The van der Waals surface area contributed by atoms with E-state index >= 15 is 0 Å². The molecule has 52 heavy (non-hydrogen) atoms. The van der Waals surface area contributed by atoms with Gasteiger partial charge in [0.25, 0.3) is 0 Å². The molecule has 3 atom stereocenters. The Kier molecular flexibility index (Phi) is 7.00. The number of rotatable bonds is 5. The number of anilines is 7. The third-order valence-electron chi connectivity index (χ3n) is 11.5. The molecule has 7 aromatic rings. The first kappa shape index (κ1) is 30.6. The molecule has 0 spiro atoms. The quantitative estimate of drug-likeness (QED) is 0.180. The fourth-order valence-electron chi connectivity index (χ4n) is 9.54. The molecule has 2 aliphatic heterocycles. The molecule has 0 fully saturated rings. The van der Waals surface area contributed by atoms with Crippen LogP contribution in [0.4, 0.5) is 39.8 Å². The normalized spacial score (nSPS) is 20.0. The number of para-hydroxylation sites is 6. The second-order valence-corrected chi connectivity index (χ2v) is 14.1. The van der Waals surface area contributed by atoms with Crippen LogP contribution in [0.25, 0.3) is 0 Å². The van der Waals surface area contributed by atoms with E-state index in [2.05, 4.69) is 215 Å². The van der Waals surface area contributed by atoms with Crippen molar-refractivity contribution in [1.82, 2.24) is 0 Å². The van der Waals surface area contributed by atoms with E-state index in [1.165, 1.54) is 67.6 Å². The lowest BCUT2D eigenvalue weighted by atomic mass is 9.67. The van der Waals surface area contributed by atoms with Crippen molar-refractivity contribution in [1.29, 1.82) is 0 Å². The summed E-state index contributed by atoms with van der Waals surface area (Å²) in [7, 11) is 0. The molecule has 1 aliphatic carbocycles. The van der Waals surface area contributed by atoms with Crippen molar-refractivity contribution < 1.29 is 0 Å². The zero-order valence-electron chi connectivity index (χ0n) is 29.5. The third kappa shape index (κ3) is 4.27. The van der Waals surface area contributed by atoms with Crippen LogP contribution in [-0.2, 0) is 12.0 Å². The third-order valence-corrected chi connectivity index (χ3v) is 11.5. The minimum atomic E-state index is -0.623. The molecule has 2 heterocycles. The highest BCUT2D eigenvalue weighted by molar-refractivity contribution is 5.91. The minimum absolute atomic E-state index is 0.00248. The van der Waals surface area contributed by atoms with E-state index in [9.17, 15) is 0 Å². The largest absolute Gasteiger partial charge is 0.331 e. The van der Waals surface area contributed by atoms with Gasteiger partial charge < -0.3 is 19.6 Å². The zero-order chi connectivity index (χ0) is 34.8. The summed E-state index contributed by atoms with van der Waals surface area (Å²) in [5.74, 6) is 0. The maximum atomic E-state index is 2.71. The maximum absolute atomic E-state index is 2.71. The molecular formula is C48H40N4. The van der Waals surface area contributed by atoms with Crippen LogP contribution in [0, 0.1) is 0 Å². The predicted octanol–water partition coefficient (Wildman–Crippen LogP) is 11.5. The van der Waals surface area contributed by atoms with Gasteiger partial charge in [-0.25, -0.2) is 0 Å². The summed E-state index contributed by atoms with van der Waals surface area (Å²) in [4.78, 5) is 10.3. The molecule has 252 valence electrons. The smallest absolute Gasteiger partial charge is 0.119 e. The van der Waals surface area contributed by atoms with Gasteiger partial charge in [0.1, 0.15) is 17.9 Å². The number of fused-ring (bicyclic) bond motifs is 4. The van der Waals surface area contributed by atoms with Crippen LogP contribution in [-0.4, -0.2) is 12.3 Å². The molecule has 0 saturated heterocycles. The van der Waals surface area contributed by atoms with Crippen molar-refractivity contribution in [3.05, 3.63) is 210 Å². The van der Waals surface area contributed by atoms with E-state index in [4.69, 9.17) is 0 Å². The van der Waals surface area contributed by atoms with Crippen molar-refractivity contribution in [3.8, 4) is 0 Å². The minimum Gasteiger partial charge on any atom is -0.331 e. The first-order chi connectivity index (χ1) is 25.7. The Bertz CT molecular complexity index is 2410. The Morgan fingerprint density at radius 1 is 0.404 bits per heavy atom. The monoisotopic (exact) mass is 672 g/mol. The van der Waals surface area contributed by atoms with Crippen LogP contribution in [0.2, 0.25) is 0 Å². The maximum Gasteiger partial charge on any atom is 0.119 e. The van der Waals surface area contributed by atoms with Gasteiger partial charge in [0.15, 0.2) is 0 Å². The van der Waals surface area contributed by atoms with Crippen molar-refractivity contribution in [2.45, 2.75) is 38.1 Å². The molecule has 4 nitrogen and oxygen atoms in total. The molecule has 0 N–H and O–H groups in total. The fourth-order valence-corrected chi connectivity index (χ4v) is 9.54. The number of nitrogens with zero attached hydrogens (tertiary/aromatic N) is 4. The zero-order valence-corrected chi connectivity index (χ0v) is 29.5. The molecule has 7 aromatic carbocycles. The molecule has 4 heteroatoms. The standard InChI is InChI=1S/C48H40N4/c1-34-49(38-22-8-4-9-23-38)44-28-14-15-29-45(44)51(34)43-32-18-27-42-40(43)33-36-19-12-13-26-41(36)48(42,37-20-6-3-7-21-37)52-35(2)50(39-24-10-5-11-25-39)46-30-16-17-31-47(46)52/h3-32,34-35H,33H2,1-2H3/t34-,35+,48?/m1/s1. The average Bonchev–Trinajstić information content (AvgIpc) is 3.67. The van der Waals surface area contributed by atoms with Crippen molar-refractivity contribution in [3.63, 3.8) is 0 Å². The van der Waals surface area contributed by atoms with Crippen LogP contribution in [0.5, 0.6) is 0 Å². The first-order valence-corrected chi connectivity index (χ1v) is 18.4. The van der Waals surface area contributed by atoms with Crippen LogP contribution < -0.4 is 19.6 Å². The summed E-state index contributed by atoms with van der Waals surface area (Å²) >= 11 is 0. The van der Waals surface area contributed by atoms with E-state index in [0.717, 1.165) is 6.42 Å². The van der Waals surface area contributed by atoms with Gasteiger partial charge in [-0.1, -0.05) is 127 Å². The van der Waals surface area contributed by atoms with E-state index in [1.54, 1.807) is 0 Å². The number of benzene rings is 7. The molecule has 0 bridgehead atoms. The lowest BCUT2D eigenvalue weighted by molar-refractivity contribution is 0.498. The molecule has 3 aliphatic rings. The van der Waals surface area contributed by atoms with Gasteiger partial charge in [-0.3, -0.25) is 0 Å². The summed E-state index contributed by atoms with van der Waals surface area (Å²) in [6.45, 7) is 4.71. The molecule has 10 rings (SSSR count).